The SMILES string of the molecule is CNC(=O)OCCC(O)O. The van der Waals surface area contributed by atoms with Crippen molar-refractivity contribution < 1.29 is 19.7 Å². The van der Waals surface area contributed by atoms with Gasteiger partial charge in [0, 0.05) is 13.5 Å². The lowest BCUT2D eigenvalue weighted by molar-refractivity contribution is -0.0547. The molecular weight excluding hydrogens is 138 g/mol. The third kappa shape index (κ3) is 5.33. The second-order valence-corrected chi connectivity index (χ2v) is 1.66. The molecule has 0 saturated carbocycles. The van der Waals surface area contributed by atoms with Crippen LogP contribution < -0.4 is 5.32 Å². The zero-order chi connectivity index (χ0) is 7.98. The molecule has 0 heterocycles. The number of carbonyl (C=O) groups is 1. The van der Waals surface area contributed by atoms with Crippen LogP contribution in [0.25, 0.3) is 0 Å². The molecule has 0 aliphatic carbocycles. The number of aliphatic hydroxyl groups excluding tert-OH is 1. The van der Waals surface area contributed by atoms with E-state index in [1.807, 2.05) is 0 Å². The van der Waals surface area contributed by atoms with E-state index < -0.39 is 12.4 Å². The fourth-order valence-electron chi connectivity index (χ4n) is 0.329. The van der Waals surface area contributed by atoms with Crippen molar-refractivity contribution >= 4 is 6.09 Å². The van der Waals surface area contributed by atoms with E-state index in [0.717, 1.165) is 0 Å². The first kappa shape index (κ1) is 9.19. The van der Waals surface area contributed by atoms with E-state index in [9.17, 15) is 4.79 Å². The largest absolute Gasteiger partial charge is 0.449 e. The number of nitrogens with one attached hydrogen (secondary N) is 1. The van der Waals surface area contributed by atoms with E-state index >= 15 is 0 Å². The van der Waals surface area contributed by atoms with Gasteiger partial charge in [-0.25, -0.2) is 4.79 Å². The molecule has 0 saturated heterocycles. The van der Waals surface area contributed by atoms with Crippen molar-refractivity contribution in [3.63, 3.8) is 0 Å². The van der Waals surface area contributed by atoms with Crippen molar-refractivity contribution in [1.82, 2.24) is 5.32 Å². The number of amides is 1. The molecular formula is C5H11NO4. The molecule has 0 spiro atoms. The molecule has 0 unspecified atom stereocenters. The topological polar surface area (TPSA) is 78.8 Å². The van der Waals surface area contributed by atoms with Crippen LogP contribution in [-0.2, 0) is 4.74 Å². The molecule has 0 rings (SSSR count). The predicted molar refractivity (Wildman–Crippen MR) is 33.3 cm³/mol. The van der Waals surface area contributed by atoms with Crippen molar-refractivity contribution in [2.45, 2.75) is 12.7 Å². The van der Waals surface area contributed by atoms with Crippen molar-refractivity contribution in [2.24, 2.45) is 0 Å². The summed E-state index contributed by atoms with van der Waals surface area (Å²) in [6.45, 7) is 0.0112. The molecule has 0 aromatic rings. The summed E-state index contributed by atoms with van der Waals surface area (Å²) in [6, 6.07) is 0. The van der Waals surface area contributed by atoms with Gasteiger partial charge in [-0.15, -0.1) is 0 Å². The Morgan fingerprint density at radius 3 is 2.70 bits per heavy atom. The first-order chi connectivity index (χ1) is 4.66. The van der Waals surface area contributed by atoms with Gasteiger partial charge in [0.15, 0.2) is 6.29 Å². The summed E-state index contributed by atoms with van der Waals surface area (Å²) in [4.78, 5) is 10.3. The minimum Gasteiger partial charge on any atom is -0.449 e. The second-order valence-electron chi connectivity index (χ2n) is 1.66. The van der Waals surface area contributed by atoms with Gasteiger partial charge >= 0.3 is 6.09 Å². The number of carbonyl (C=O) groups excluding carboxylic acids is 1. The molecule has 5 heteroatoms. The summed E-state index contributed by atoms with van der Waals surface area (Å²) in [5, 5.41) is 18.8. The first-order valence-corrected chi connectivity index (χ1v) is 2.87. The average Bonchev–Trinajstić information content (AvgIpc) is 1.87. The number of hydrogen-bond donors (Lipinski definition) is 3. The maximum atomic E-state index is 10.3. The highest BCUT2D eigenvalue weighted by Crippen LogP contribution is 1.86. The maximum Gasteiger partial charge on any atom is 0.406 e. The molecule has 0 aromatic carbocycles. The van der Waals surface area contributed by atoms with E-state index in [2.05, 4.69) is 10.1 Å². The van der Waals surface area contributed by atoms with E-state index in [1.54, 1.807) is 0 Å². The number of alkyl carbamates (subject to hydrolysis) is 1. The van der Waals surface area contributed by atoms with Crippen molar-refractivity contribution in [1.29, 1.82) is 0 Å². The molecule has 1 amide bonds. The Balaban J connectivity index is 3.12. The number of rotatable bonds is 3. The molecule has 0 fully saturated rings. The lowest BCUT2D eigenvalue weighted by Crippen LogP contribution is -2.21. The number of aliphatic hydroxyl groups is 2. The van der Waals surface area contributed by atoms with E-state index in [1.165, 1.54) is 7.05 Å². The summed E-state index contributed by atoms with van der Waals surface area (Å²) >= 11 is 0. The Labute approximate surface area is 58.6 Å². The van der Waals surface area contributed by atoms with E-state index in [4.69, 9.17) is 10.2 Å². The zero-order valence-electron chi connectivity index (χ0n) is 5.70. The molecule has 0 aromatic heterocycles. The Morgan fingerprint density at radius 1 is 1.70 bits per heavy atom. The zero-order valence-corrected chi connectivity index (χ0v) is 5.70. The second kappa shape index (κ2) is 5.01. The normalized spacial score (nSPS) is 9.60. The first-order valence-electron chi connectivity index (χ1n) is 2.87. The summed E-state index contributed by atoms with van der Waals surface area (Å²) in [7, 11) is 1.43. The highest BCUT2D eigenvalue weighted by molar-refractivity contribution is 5.66. The van der Waals surface area contributed by atoms with Crippen molar-refractivity contribution in [3.05, 3.63) is 0 Å². The van der Waals surface area contributed by atoms with Crippen molar-refractivity contribution in [3.8, 4) is 0 Å². The molecule has 5 nitrogen and oxygen atoms in total. The fraction of sp³-hybridized carbons (Fsp3) is 0.800. The van der Waals surface area contributed by atoms with Crippen molar-refractivity contribution in [2.75, 3.05) is 13.7 Å². The highest BCUT2D eigenvalue weighted by Gasteiger charge is 2.00. The van der Waals surface area contributed by atoms with Crippen LogP contribution in [0.5, 0.6) is 0 Å². The molecule has 60 valence electrons. The summed E-state index contributed by atoms with van der Waals surface area (Å²) < 4.78 is 4.43. The van der Waals surface area contributed by atoms with Crippen LogP contribution in [0.3, 0.4) is 0 Å². The fourth-order valence-corrected chi connectivity index (χ4v) is 0.329. The van der Waals surface area contributed by atoms with Crippen LogP contribution in [0.2, 0.25) is 0 Å². The van der Waals surface area contributed by atoms with E-state index in [-0.39, 0.29) is 13.0 Å². The molecule has 0 aliphatic heterocycles. The van der Waals surface area contributed by atoms with Gasteiger partial charge in [-0.1, -0.05) is 0 Å². The summed E-state index contributed by atoms with van der Waals surface area (Å²) in [5.41, 5.74) is 0. The van der Waals surface area contributed by atoms with Gasteiger partial charge in [-0.05, 0) is 0 Å². The Hall–Kier alpha value is -0.810. The van der Waals surface area contributed by atoms with Crippen LogP contribution in [0.15, 0.2) is 0 Å². The van der Waals surface area contributed by atoms with Crippen LogP contribution in [0.1, 0.15) is 6.42 Å². The molecule has 10 heavy (non-hydrogen) atoms. The van der Waals surface area contributed by atoms with E-state index in [0.29, 0.717) is 0 Å². The smallest absolute Gasteiger partial charge is 0.406 e. The monoisotopic (exact) mass is 149 g/mol. The molecule has 3 N–H and O–H groups in total. The van der Waals surface area contributed by atoms with Gasteiger partial charge in [0.1, 0.15) is 0 Å². The molecule has 0 radical (unpaired) electrons. The Morgan fingerprint density at radius 2 is 2.30 bits per heavy atom. The van der Waals surface area contributed by atoms with Crippen LogP contribution in [0.4, 0.5) is 4.79 Å². The Kier molecular flexibility index (Phi) is 4.61. The third-order valence-electron chi connectivity index (χ3n) is 0.813. The number of ether oxygens (including phenoxy) is 1. The quantitative estimate of drug-likeness (QED) is 0.452. The average molecular weight is 149 g/mol. The number of hydrogen-bond acceptors (Lipinski definition) is 4. The predicted octanol–water partition coefficient (Wildman–Crippen LogP) is -0.957. The highest BCUT2D eigenvalue weighted by atomic mass is 16.6. The molecule has 0 bridgehead atoms. The van der Waals surface area contributed by atoms with Gasteiger partial charge in [0.05, 0.1) is 6.61 Å². The maximum absolute atomic E-state index is 10.3. The molecule has 0 aliphatic rings. The lowest BCUT2D eigenvalue weighted by atomic mass is 10.4. The molecule has 0 atom stereocenters. The van der Waals surface area contributed by atoms with Gasteiger partial charge in [-0.3, -0.25) is 0 Å². The Bertz CT molecular complexity index is 104. The lowest BCUT2D eigenvalue weighted by Gasteiger charge is -2.03. The van der Waals surface area contributed by atoms with Crippen LogP contribution in [-0.4, -0.2) is 36.3 Å². The minimum absolute atomic E-state index is 0.0112. The van der Waals surface area contributed by atoms with Gasteiger partial charge in [0.25, 0.3) is 0 Å². The third-order valence-corrected chi connectivity index (χ3v) is 0.813. The van der Waals surface area contributed by atoms with Gasteiger partial charge in [0.2, 0.25) is 0 Å². The minimum atomic E-state index is -1.41. The summed E-state index contributed by atoms with van der Waals surface area (Å²) in [6.07, 6.45) is -1.95. The van der Waals surface area contributed by atoms with Gasteiger partial charge < -0.3 is 20.3 Å². The standard InChI is InChI=1S/C5H11NO4/c1-6-5(9)10-3-2-4(7)8/h4,7-8H,2-3H2,1H3,(H,6,9). The van der Waals surface area contributed by atoms with Crippen LogP contribution >= 0.6 is 0 Å². The summed E-state index contributed by atoms with van der Waals surface area (Å²) in [5.74, 6) is 0. The van der Waals surface area contributed by atoms with Crippen LogP contribution in [0, 0.1) is 0 Å². The van der Waals surface area contributed by atoms with Gasteiger partial charge in [-0.2, -0.15) is 0 Å².